The van der Waals surface area contributed by atoms with E-state index in [0.29, 0.717) is 17.9 Å². The fourth-order valence-corrected chi connectivity index (χ4v) is 2.43. The van der Waals surface area contributed by atoms with Crippen LogP contribution in [-0.2, 0) is 6.54 Å². The molecule has 1 aromatic heterocycles. The summed E-state index contributed by atoms with van der Waals surface area (Å²) in [4.78, 5) is 15.0. The second-order valence-corrected chi connectivity index (χ2v) is 5.09. The maximum atomic E-state index is 10.7. The molecule has 0 spiro atoms. The van der Waals surface area contributed by atoms with Crippen molar-refractivity contribution in [3.8, 4) is 0 Å². The summed E-state index contributed by atoms with van der Waals surface area (Å²) in [5.41, 5.74) is 9.77. The van der Waals surface area contributed by atoms with Gasteiger partial charge in [-0.15, -0.1) is 0 Å². The van der Waals surface area contributed by atoms with Gasteiger partial charge in [-0.1, -0.05) is 30.3 Å². The highest BCUT2D eigenvalue weighted by Gasteiger charge is 2.06. The van der Waals surface area contributed by atoms with Crippen LogP contribution in [0, 0.1) is 0 Å². The number of benzene rings is 2. The first-order valence-corrected chi connectivity index (χ1v) is 7.09. The number of para-hydroxylation sites is 1. The van der Waals surface area contributed by atoms with Crippen LogP contribution < -0.4 is 16.4 Å². The van der Waals surface area contributed by atoms with E-state index in [0.717, 1.165) is 22.2 Å². The molecule has 6 heteroatoms. The van der Waals surface area contributed by atoms with Crippen LogP contribution in [-0.4, -0.2) is 16.2 Å². The summed E-state index contributed by atoms with van der Waals surface area (Å²) < 4.78 is 0. The molecule has 0 fully saturated rings. The molecule has 23 heavy (non-hydrogen) atoms. The zero-order chi connectivity index (χ0) is 16.2. The van der Waals surface area contributed by atoms with E-state index in [2.05, 4.69) is 15.6 Å². The highest BCUT2D eigenvalue weighted by Crippen LogP contribution is 2.28. The number of anilines is 3. The first-order chi connectivity index (χ1) is 11.1. The van der Waals surface area contributed by atoms with Gasteiger partial charge in [0, 0.05) is 17.6 Å². The van der Waals surface area contributed by atoms with Crippen LogP contribution in [0.4, 0.5) is 21.9 Å². The fourth-order valence-electron chi connectivity index (χ4n) is 2.43. The summed E-state index contributed by atoms with van der Waals surface area (Å²) in [7, 11) is 0. The number of carboxylic acid groups (broad SMARTS) is 1. The number of nitrogens with two attached hydrogens (primary N) is 1. The number of nitrogens with zero attached hydrogens (tertiary/aromatic N) is 1. The largest absolute Gasteiger partial charge is 0.465 e. The van der Waals surface area contributed by atoms with Crippen LogP contribution in [0.15, 0.2) is 54.7 Å². The van der Waals surface area contributed by atoms with Gasteiger partial charge in [0.2, 0.25) is 0 Å². The van der Waals surface area contributed by atoms with Gasteiger partial charge in [0.1, 0.15) is 0 Å². The van der Waals surface area contributed by atoms with Crippen molar-refractivity contribution in [3.05, 3.63) is 60.3 Å². The van der Waals surface area contributed by atoms with Gasteiger partial charge in [0.25, 0.3) is 0 Å². The molecule has 0 saturated heterocycles. The average molecular weight is 308 g/mol. The summed E-state index contributed by atoms with van der Waals surface area (Å²) >= 11 is 0. The van der Waals surface area contributed by atoms with E-state index in [1.165, 1.54) is 0 Å². The Morgan fingerprint density at radius 1 is 1.17 bits per heavy atom. The normalized spacial score (nSPS) is 10.4. The zero-order valence-electron chi connectivity index (χ0n) is 12.3. The lowest BCUT2D eigenvalue weighted by molar-refractivity contribution is 0.210. The molecule has 0 aliphatic carbocycles. The van der Waals surface area contributed by atoms with Gasteiger partial charge in [0.05, 0.1) is 23.1 Å². The summed E-state index contributed by atoms with van der Waals surface area (Å²) in [6.45, 7) is 0.521. The standard InChI is InChI=1S/C17H16N4O2/c18-14-10-19-15-7-2-1-6-13(15)16(14)20-9-11-4-3-5-12(8-11)21-17(22)23/h1-8,10,21H,9,18H2,(H,19,20)(H,22,23). The molecular formula is C17H16N4O2. The number of pyridine rings is 1. The molecule has 3 rings (SSSR count). The summed E-state index contributed by atoms with van der Waals surface area (Å²) in [6.07, 6.45) is 0.548. The molecule has 0 aliphatic rings. The van der Waals surface area contributed by atoms with Crippen LogP contribution in [0.1, 0.15) is 5.56 Å². The highest BCUT2D eigenvalue weighted by atomic mass is 16.4. The van der Waals surface area contributed by atoms with Crippen LogP contribution >= 0.6 is 0 Å². The third-order valence-corrected chi connectivity index (χ3v) is 3.45. The van der Waals surface area contributed by atoms with Crippen molar-refractivity contribution in [2.75, 3.05) is 16.4 Å². The van der Waals surface area contributed by atoms with E-state index in [4.69, 9.17) is 10.8 Å². The Morgan fingerprint density at radius 2 is 2.00 bits per heavy atom. The molecule has 0 unspecified atom stereocenters. The molecule has 6 nitrogen and oxygen atoms in total. The number of nitrogens with one attached hydrogen (secondary N) is 2. The van der Waals surface area contributed by atoms with Crippen molar-refractivity contribution in [1.82, 2.24) is 4.98 Å². The fraction of sp³-hybridized carbons (Fsp3) is 0.0588. The highest BCUT2D eigenvalue weighted by molar-refractivity contribution is 5.96. The minimum absolute atomic E-state index is 0.521. The smallest absolute Gasteiger partial charge is 0.409 e. The third-order valence-electron chi connectivity index (χ3n) is 3.45. The number of hydrogen-bond donors (Lipinski definition) is 4. The number of carbonyl (C=O) groups is 1. The van der Waals surface area contributed by atoms with E-state index in [1.807, 2.05) is 30.3 Å². The Labute approximate surface area is 133 Å². The molecule has 0 atom stereocenters. The Kier molecular flexibility index (Phi) is 3.97. The number of amides is 1. The molecule has 116 valence electrons. The molecule has 5 N–H and O–H groups in total. The third kappa shape index (κ3) is 3.32. The van der Waals surface area contributed by atoms with E-state index in [9.17, 15) is 4.79 Å². The van der Waals surface area contributed by atoms with E-state index in [1.54, 1.807) is 24.4 Å². The summed E-state index contributed by atoms with van der Waals surface area (Å²) in [6, 6.07) is 15.0. The molecule has 3 aromatic rings. The van der Waals surface area contributed by atoms with Crippen molar-refractivity contribution in [2.24, 2.45) is 0 Å². The number of nitrogen functional groups attached to an aromatic ring is 1. The minimum Gasteiger partial charge on any atom is -0.465 e. The second-order valence-electron chi connectivity index (χ2n) is 5.09. The SMILES string of the molecule is Nc1cnc2ccccc2c1NCc1cccc(NC(=O)O)c1. The average Bonchev–Trinajstić information content (AvgIpc) is 2.54. The predicted octanol–water partition coefficient (Wildman–Crippen LogP) is 3.52. The van der Waals surface area contributed by atoms with E-state index in [-0.39, 0.29) is 0 Å². The minimum atomic E-state index is -1.08. The molecule has 0 bridgehead atoms. The predicted molar refractivity (Wildman–Crippen MR) is 91.6 cm³/mol. The number of hydrogen-bond acceptors (Lipinski definition) is 4. The van der Waals surface area contributed by atoms with E-state index >= 15 is 0 Å². The lowest BCUT2D eigenvalue weighted by Crippen LogP contribution is -2.08. The van der Waals surface area contributed by atoms with Gasteiger partial charge in [-0.25, -0.2) is 4.79 Å². The number of aromatic nitrogens is 1. The van der Waals surface area contributed by atoms with Crippen molar-refractivity contribution < 1.29 is 9.90 Å². The summed E-state index contributed by atoms with van der Waals surface area (Å²) in [5.74, 6) is 0. The Morgan fingerprint density at radius 3 is 2.83 bits per heavy atom. The molecule has 0 aliphatic heterocycles. The Hall–Kier alpha value is -3.28. The van der Waals surface area contributed by atoms with Gasteiger partial charge in [0.15, 0.2) is 0 Å². The van der Waals surface area contributed by atoms with Gasteiger partial charge in [-0.2, -0.15) is 0 Å². The van der Waals surface area contributed by atoms with Crippen LogP contribution in [0.5, 0.6) is 0 Å². The van der Waals surface area contributed by atoms with Gasteiger partial charge < -0.3 is 16.2 Å². The quantitative estimate of drug-likeness (QED) is 0.591. The Bertz CT molecular complexity index is 864. The molecule has 0 radical (unpaired) electrons. The Balaban J connectivity index is 1.84. The maximum Gasteiger partial charge on any atom is 0.409 e. The number of rotatable bonds is 4. The van der Waals surface area contributed by atoms with Crippen LogP contribution in [0.25, 0.3) is 10.9 Å². The first kappa shape index (κ1) is 14.6. The molecular weight excluding hydrogens is 292 g/mol. The van der Waals surface area contributed by atoms with Gasteiger partial charge >= 0.3 is 6.09 Å². The van der Waals surface area contributed by atoms with Crippen molar-refractivity contribution in [1.29, 1.82) is 0 Å². The van der Waals surface area contributed by atoms with Gasteiger partial charge in [-0.3, -0.25) is 10.3 Å². The first-order valence-electron chi connectivity index (χ1n) is 7.09. The topological polar surface area (TPSA) is 100 Å². The van der Waals surface area contributed by atoms with Crippen molar-refractivity contribution in [2.45, 2.75) is 6.54 Å². The molecule has 1 heterocycles. The van der Waals surface area contributed by atoms with E-state index < -0.39 is 6.09 Å². The van der Waals surface area contributed by atoms with Crippen molar-refractivity contribution >= 4 is 34.1 Å². The zero-order valence-corrected chi connectivity index (χ0v) is 12.3. The molecule has 1 amide bonds. The van der Waals surface area contributed by atoms with Crippen LogP contribution in [0.2, 0.25) is 0 Å². The molecule has 2 aromatic carbocycles. The lowest BCUT2D eigenvalue weighted by Gasteiger charge is -2.13. The maximum absolute atomic E-state index is 10.7. The summed E-state index contributed by atoms with van der Waals surface area (Å²) in [5, 5.41) is 15.4. The lowest BCUT2D eigenvalue weighted by atomic mass is 10.1. The van der Waals surface area contributed by atoms with Gasteiger partial charge in [-0.05, 0) is 23.8 Å². The number of fused-ring (bicyclic) bond motifs is 1. The van der Waals surface area contributed by atoms with Crippen molar-refractivity contribution in [3.63, 3.8) is 0 Å². The van der Waals surface area contributed by atoms with Crippen LogP contribution in [0.3, 0.4) is 0 Å². The molecule has 0 saturated carbocycles. The monoisotopic (exact) mass is 308 g/mol. The second kappa shape index (κ2) is 6.23.